The summed E-state index contributed by atoms with van der Waals surface area (Å²) in [5.41, 5.74) is 1.34. The lowest BCUT2D eigenvalue weighted by Gasteiger charge is -2.27. The Labute approximate surface area is 107 Å². The molecule has 18 heavy (non-hydrogen) atoms. The van der Waals surface area contributed by atoms with Gasteiger partial charge in [-0.15, -0.1) is 0 Å². The smallest absolute Gasteiger partial charge is 0.142 e. The molecule has 1 fully saturated rings. The van der Waals surface area contributed by atoms with E-state index in [4.69, 9.17) is 5.26 Å². The number of nitrogens with one attached hydrogen (secondary N) is 1. The minimum atomic E-state index is -0.217. The highest BCUT2D eigenvalue weighted by atomic mass is 16.3. The summed E-state index contributed by atoms with van der Waals surface area (Å²) in [6.07, 6.45) is 4.02. The Hall–Kier alpha value is -1.54. The van der Waals surface area contributed by atoms with E-state index in [1.54, 1.807) is 4.68 Å². The SMILES string of the molecule is Cc1nn(C)c(NCC2CCCCC2O)c1C#N. The van der Waals surface area contributed by atoms with Crippen LogP contribution in [0.3, 0.4) is 0 Å². The van der Waals surface area contributed by atoms with Crippen molar-refractivity contribution in [2.75, 3.05) is 11.9 Å². The number of rotatable bonds is 3. The molecule has 1 saturated carbocycles. The molecule has 1 aromatic rings. The molecule has 2 N–H and O–H groups in total. The molecule has 1 heterocycles. The normalized spacial score (nSPS) is 23.7. The third kappa shape index (κ3) is 2.49. The second kappa shape index (κ2) is 5.40. The maximum Gasteiger partial charge on any atom is 0.142 e. The molecule has 1 aromatic heterocycles. The molecular formula is C13H20N4O. The van der Waals surface area contributed by atoms with E-state index in [2.05, 4.69) is 16.5 Å². The van der Waals surface area contributed by atoms with Crippen molar-refractivity contribution in [3.63, 3.8) is 0 Å². The van der Waals surface area contributed by atoms with Gasteiger partial charge in [0.25, 0.3) is 0 Å². The summed E-state index contributed by atoms with van der Waals surface area (Å²) < 4.78 is 1.70. The molecular weight excluding hydrogens is 228 g/mol. The predicted molar refractivity (Wildman–Crippen MR) is 69.1 cm³/mol. The van der Waals surface area contributed by atoms with Crippen LogP contribution in [0.5, 0.6) is 0 Å². The third-order valence-electron chi connectivity index (χ3n) is 3.73. The molecule has 2 rings (SSSR count). The molecule has 1 aliphatic carbocycles. The zero-order valence-corrected chi connectivity index (χ0v) is 11.0. The van der Waals surface area contributed by atoms with E-state index >= 15 is 0 Å². The van der Waals surface area contributed by atoms with Gasteiger partial charge < -0.3 is 10.4 Å². The summed E-state index contributed by atoms with van der Waals surface area (Å²) >= 11 is 0. The van der Waals surface area contributed by atoms with Crippen molar-refractivity contribution in [2.45, 2.75) is 38.7 Å². The van der Waals surface area contributed by atoms with Gasteiger partial charge in [0.15, 0.2) is 0 Å². The summed E-state index contributed by atoms with van der Waals surface area (Å²) in [6, 6.07) is 2.18. The molecule has 0 aromatic carbocycles. The monoisotopic (exact) mass is 248 g/mol. The molecule has 5 heteroatoms. The first-order valence-corrected chi connectivity index (χ1v) is 6.49. The molecule has 0 aliphatic heterocycles. The number of nitriles is 1. The number of hydrogen-bond donors (Lipinski definition) is 2. The Balaban J connectivity index is 2.04. The number of aliphatic hydroxyl groups excluding tert-OH is 1. The quantitative estimate of drug-likeness (QED) is 0.851. The zero-order valence-electron chi connectivity index (χ0n) is 11.0. The van der Waals surface area contributed by atoms with E-state index in [9.17, 15) is 5.11 Å². The van der Waals surface area contributed by atoms with Crippen molar-refractivity contribution >= 4 is 5.82 Å². The van der Waals surface area contributed by atoms with Crippen LogP contribution in [0.2, 0.25) is 0 Å². The Bertz CT molecular complexity index is 460. The van der Waals surface area contributed by atoms with Crippen molar-refractivity contribution in [3.05, 3.63) is 11.3 Å². The number of nitrogens with zero attached hydrogens (tertiary/aromatic N) is 3. The number of aliphatic hydroxyl groups is 1. The molecule has 2 atom stereocenters. The van der Waals surface area contributed by atoms with Crippen LogP contribution >= 0.6 is 0 Å². The summed E-state index contributed by atoms with van der Waals surface area (Å²) in [5.74, 6) is 1.04. The number of anilines is 1. The number of aromatic nitrogens is 2. The van der Waals surface area contributed by atoms with Crippen LogP contribution in [0.1, 0.15) is 36.9 Å². The minimum Gasteiger partial charge on any atom is -0.393 e. The summed E-state index contributed by atoms with van der Waals surface area (Å²) in [5, 5.41) is 26.5. The number of aryl methyl sites for hydroxylation is 2. The van der Waals surface area contributed by atoms with Crippen molar-refractivity contribution in [2.24, 2.45) is 13.0 Å². The van der Waals surface area contributed by atoms with Gasteiger partial charge in [-0.2, -0.15) is 10.4 Å². The molecule has 0 bridgehead atoms. The fourth-order valence-corrected chi connectivity index (χ4v) is 2.65. The fourth-order valence-electron chi connectivity index (χ4n) is 2.65. The molecule has 2 unspecified atom stereocenters. The standard InChI is InChI=1S/C13H20N4O/c1-9-11(7-14)13(17(2)16-9)15-8-10-5-3-4-6-12(10)18/h10,12,15,18H,3-6,8H2,1-2H3. The van der Waals surface area contributed by atoms with Gasteiger partial charge in [-0.3, -0.25) is 4.68 Å². The molecule has 0 radical (unpaired) electrons. The van der Waals surface area contributed by atoms with E-state index in [1.165, 1.54) is 6.42 Å². The van der Waals surface area contributed by atoms with Crippen LogP contribution in [0.25, 0.3) is 0 Å². The van der Waals surface area contributed by atoms with Crippen LogP contribution < -0.4 is 5.32 Å². The third-order valence-corrected chi connectivity index (χ3v) is 3.73. The van der Waals surface area contributed by atoms with Gasteiger partial charge in [-0.25, -0.2) is 0 Å². The first-order valence-electron chi connectivity index (χ1n) is 6.49. The van der Waals surface area contributed by atoms with Gasteiger partial charge in [0.1, 0.15) is 17.5 Å². The maximum atomic E-state index is 9.92. The molecule has 5 nitrogen and oxygen atoms in total. The first-order chi connectivity index (χ1) is 8.63. The van der Waals surface area contributed by atoms with Crippen LogP contribution in [0, 0.1) is 24.2 Å². The lowest BCUT2D eigenvalue weighted by molar-refractivity contribution is 0.0762. The highest BCUT2D eigenvalue weighted by Gasteiger charge is 2.23. The predicted octanol–water partition coefficient (Wildman–Crippen LogP) is 1.56. The highest BCUT2D eigenvalue weighted by Crippen LogP contribution is 2.25. The van der Waals surface area contributed by atoms with Gasteiger partial charge in [0.2, 0.25) is 0 Å². The molecule has 0 spiro atoms. The summed E-state index contributed by atoms with van der Waals surface area (Å²) in [7, 11) is 1.83. The Morgan fingerprint density at radius 1 is 1.50 bits per heavy atom. The van der Waals surface area contributed by atoms with Gasteiger partial charge in [0.05, 0.1) is 11.8 Å². The summed E-state index contributed by atoms with van der Waals surface area (Å²) in [4.78, 5) is 0. The Kier molecular flexibility index (Phi) is 3.87. The van der Waals surface area contributed by atoms with Crippen molar-refractivity contribution < 1.29 is 5.11 Å². The van der Waals surface area contributed by atoms with Crippen molar-refractivity contribution in [1.82, 2.24) is 9.78 Å². The van der Waals surface area contributed by atoms with Gasteiger partial charge in [0, 0.05) is 19.5 Å². The van der Waals surface area contributed by atoms with Crippen LogP contribution in [-0.4, -0.2) is 27.5 Å². The van der Waals surface area contributed by atoms with Crippen LogP contribution in [0.4, 0.5) is 5.82 Å². The Morgan fingerprint density at radius 3 is 2.89 bits per heavy atom. The maximum absolute atomic E-state index is 9.92. The largest absolute Gasteiger partial charge is 0.393 e. The lowest BCUT2D eigenvalue weighted by atomic mass is 9.86. The number of hydrogen-bond acceptors (Lipinski definition) is 4. The van der Waals surface area contributed by atoms with Crippen molar-refractivity contribution in [3.8, 4) is 6.07 Å². The van der Waals surface area contributed by atoms with Crippen molar-refractivity contribution in [1.29, 1.82) is 5.26 Å². The average molecular weight is 248 g/mol. The minimum absolute atomic E-state index is 0.217. The molecule has 98 valence electrons. The van der Waals surface area contributed by atoms with E-state index in [0.29, 0.717) is 12.1 Å². The highest BCUT2D eigenvalue weighted by molar-refractivity contribution is 5.54. The van der Waals surface area contributed by atoms with Gasteiger partial charge >= 0.3 is 0 Å². The van der Waals surface area contributed by atoms with Crippen LogP contribution in [0.15, 0.2) is 0 Å². The second-order valence-electron chi connectivity index (χ2n) is 5.04. The van der Waals surface area contributed by atoms with Crippen LogP contribution in [-0.2, 0) is 7.05 Å². The fraction of sp³-hybridized carbons (Fsp3) is 0.692. The van der Waals surface area contributed by atoms with E-state index < -0.39 is 0 Å². The second-order valence-corrected chi connectivity index (χ2v) is 5.04. The molecule has 0 amide bonds. The zero-order chi connectivity index (χ0) is 13.1. The molecule has 0 saturated heterocycles. The average Bonchev–Trinajstić information content (AvgIpc) is 2.62. The molecule has 1 aliphatic rings. The van der Waals surface area contributed by atoms with E-state index in [0.717, 1.165) is 30.8 Å². The van der Waals surface area contributed by atoms with Gasteiger partial charge in [-0.05, 0) is 19.8 Å². The van der Waals surface area contributed by atoms with E-state index in [-0.39, 0.29) is 12.0 Å². The van der Waals surface area contributed by atoms with E-state index in [1.807, 2.05) is 14.0 Å². The van der Waals surface area contributed by atoms with Gasteiger partial charge in [-0.1, -0.05) is 12.8 Å². The lowest BCUT2D eigenvalue weighted by Crippen LogP contribution is -2.30. The first kappa shape index (κ1) is 12.9. The topological polar surface area (TPSA) is 73.9 Å². The Morgan fingerprint density at radius 2 is 2.22 bits per heavy atom. The summed E-state index contributed by atoms with van der Waals surface area (Å²) in [6.45, 7) is 2.54.